The number of para-hydroxylation sites is 2. The number of hydrogen-bond donors (Lipinski definition) is 0. The predicted molar refractivity (Wildman–Crippen MR) is 107 cm³/mol. The third kappa shape index (κ3) is 3.32. The average Bonchev–Trinajstić information content (AvgIpc) is 3.28. The van der Waals surface area contributed by atoms with Crippen LogP contribution in [0.3, 0.4) is 0 Å². The summed E-state index contributed by atoms with van der Waals surface area (Å²) in [5.74, 6) is 1.58. The summed E-state index contributed by atoms with van der Waals surface area (Å²) in [6.45, 7) is 4.21. The third-order valence-corrected chi connectivity index (χ3v) is 5.83. The van der Waals surface area contributed by atoms with Gasteiger partial charge >= 0.3 is 0 Å². The summed E-state index contributed by atoms with van der Waals surface area (Å²) in [4.78, 5) is 22.5. The lowest BCUT2D eigenvalue weighted by Gasteiger charge is -2.09. The first-order chi connectivity index (χ1) is 12.8. The largest absolute Gasteiger partial charge is 0.441 e. The van der Waals surface area contributed by atoms with Crippen LogP contribution in [0.1, 0.15) is 12.3 Å². The minimum absolute atomic E-state index is 0.00222. The van der Waals surface area contributed by atoms with Gasteiger partial charge in [0.15, 0.2) is 16.6 Å². The van der Waals surface area contributed by atoms with E-state index in [-0.39, 0.29) is 5.56 Å². The molecule has 0 aliphatic heterocycles. The number of oxazole rings is 1. The first kappa shape index (κ1) is 17.1. The molecule has 3 aromatic heterocycles. The van der Waals surface area contributed by atoms with Crippen LogP contribution in [0.4, 0.5) is 0 Å². The molecule has 0 saturated carbocycles. The van der Waals surface area contributed by atoms with Gasteiger partial charge in [0.25, 0.3) is 5.56 Å². The van der Waals surface area contributed by atoms with Crippen LogP contribution in [-0.4, -0.2) is 20.3 Å². The van der Waals surface area contributed by atoms with Crippen LogP contribution >= 0.6 is 23.1 Å². The number of fused-ring (bicyclic) bond motifs is 2. The fourth-order valence-corrected chi connectivity index (χ4v) is 4.50. The van der Waals surface area contributed by atoms with Gasteiger partial charge in [-0.1, -0.05) is 30.0 Å². The molecule has 0 spiro atoms. The molecule has 3 heterocycles. The first-order valence-electron chi connectivity index (χ1n) is 8.32. The highest BCUT2D eigenvalue weighted by Crippen LogP contribution is 2.23. The van der Waals surface area contributed by atoms with Gasteiger partial charge in [-0.25, -0.2) is 9.97 Å². The normalized spacial score (nSPS) is 11.4. The van der Waals surface area contributed by atoms with Crippen LogP contribution in [0.5, 0.6) is 0 Å². The monoisotopic (exact) mass is 383 g/mol. The fraction of sp³-hybridized carbons (Fsp3) is 0.211. The molecule has 0 aliphatic rings. The molecule has 0 N–H and O–H groups in total. The fourth-order valence-electron chi connectivity index (χ4n) is 2.74. The van der Waals surface area contributed by atoms with Gasteiger partial charge in [-0.15, -0.1) is 17.9 Å². The maximum atomic E-state index is 12.6. The van der Waals surface area contributed by atoms with E-state index in [0.29, 0.717) is 11.9 Å². The van der Waals surface area contributed by atoms with Crippen LogP contribution in [0.15, 0.2) is 62.7 Å². The molecule has 0 radical (unpaired) electrons. The molecule has 7 heteroatoms. The number of thioether (sulfide) groups is 1. The first-order valence-corrected chi connectivity index (χ1v) is 10.2. The number of allylic oxidation sites excluding steroid dienone is 1. The molecule has 4 rings (SSSR count). The molecule has 0 amide bonds. The molecule has 0 bridgehead atoms. The van der Waals surface area contributed by atoms with E-state index in [2.05, 4.69) is 16.5 Å². The number of aryl methyl sites for hydroxylation is 1. The highest BCUT2D eigenvalue weighted by atomic mass is 32.2. The number of benzene rings is 1. The van der Waals surface area contributed by atoms with Gasteiger partial charge in [0, 0.05) is 18.7 Å². The Morgan fingerprint density at radius 3 is 3.00 bits per heavy atom. The smallest absolute Gasteiger partial charge is 0.263 e. The maximum Gasteiger partial charge on any atom is 0.263 e. The molecule has 0 aliphatic carbocycles. The Morgan fingerprint density at radius 1 is 1.27 bits per heavy atom. The summed E-state index contributed by atoms with van der Waals surface area (Å²) in [6, 6.07) is 9.60. The van der Waals surface area contributed by atoms with Crippen LogP contribution in [-0.2, 0) is 13.0 Å². The van der Waals surface area contributed by atoms with Crippen molar-refractivity contribution in [2.45, 2.75) is 24.5 Å². The van der Waals surface area contributed by atoms with Crippen LogP contribution < -0.4 is 5.56 Å². The van der Waals surface area contributed by atoms with E-state index in [1.165, 1.54) is 11.3 Å². The van der Waals surface area contributed by atoms with Gasteiger partial charge in [-0.3, -0.25) is 9.36 Å². The second-order valence-corrected chi connectivity index (χ2v) is 7.72. The Kier molecular flexibility index (Phi) is 4.90. The van der Waals surface area contributed by atoms with E-state index in [0.717, 1.165) is 45.6 Å². The number of rotatable bonds is 7. The number of hydrogen-bond acceptors (Lipinski definition) is 6. The lowest BCUT2D eigenvalue weighted by molar-refractivity contribution is 0.526. The van der Waals surface area contributed by atoms with Crippen molar-refractivity contribution in [3.63, 3.8) is 0 Å². The zero-order valence-electron chi connectivity index (χ0n) is 14.1. The van der Waals surface area contributed by atoms with Crippen LogP contribution in [0, 0.1) is 0 Å². The molecule has 0 atom stereocenters. The predicted octanol–water partition coefficient (Wildman–Crippen LogP) is 4.51. The number of nitrogens with zero attached hydrogens (tertiary/aromatic N) is 3. The van der Waals surface area contributed by atoms with Gasteiger partial charge in [0.05, 0.1) is 5.39 Å². The molecule has 0 unspecified atom stereocenters. The minimum atomic E-state index is -0.00222. The molecular weight excluding hydrogens is 366 g/mol. The Balaban J connectivity index is 1.46. The second kappa shape index (κ2) is 7.47. The van der Waals surface area contributed by atoms with Crippen LogP contribution in [0.2, 0.25) is 0 Å². The summed E-state index contributed by atoms with van der Waals surface area (Å²) in [5.41, 5.74) is 1.71. The van der Waals surface area contributed by atoms with Crippen molar-refractivity contribution in [2.24, 2.45) is 0 Å². The molecule has 1 aromatic carbocycles. The van der Waals surface area contributed by atoms with Crippen molar-refractivity contribution in [3.8, 4) is 0 Å². The van der Waals surface area contributed by atoms with E-state index >= 15 is 0 Å². The number of thiophene rings is 1. The molecule has 5 nitrogen and oxygen atoms in total. The van der Waals surface area contributed by atoms with E-state index in [4.69, 9.17) is 4.42 Å². The molecule has 132 valence electrons. The van der Waals surface area contributed by atoms with Crippen molar-refractivity contribution in [2.75, 3.05) is 5.75 Å². The summed E-state index contributed by atoms with van der Waals surface area (Å²) in [7, 11) is 0. The van der Waals surface area contributed by atoms with E-state index in [1.807, 2.05) is 35.7 Å². The quantitative estimate of drug-likeness (QED) is 0.203. The van der Waals surface area contributed by atoms with Gasteiger partial charge in [-0.05, 0) is 30.0 Å². The van der Waals surface area contributed by atoms with E-state index in [9.17, 15) is 4.79 Å². The Morgan fingerprint density at radius 2 is 2.15 bits per heavy atom. The summed E-state index contributed by atoms with van der Waals surface area (Å²) < 4.78 is 7.43. The minimum Gasteiger partial charge on any atom is -0.441 e. The summed E-state index contributed by atoms with van der Waals surface area (Å²) >= 11 is 3.08. The van der Waals surface area contributed by atoms with Gasteiger partial charge < -0.3 is 4.42 Å². The van der Waals surface area contributed by atoms with Gasteiger partial charge in [0.1, 0.15) is 10.3 Å². The molecule has 0 fully saturated rings. The lowest BCUT2D eigenvalue weighted by atomic mass is 10.3. The molecule has 0 saturated heterocycles. The topological polar surface area (TPSA) is 60.9 Å². The van der Waals surface area contributed by atoms with Crippen molar-refractivity contribution in [1.29, 1.82) is 0 Å². The van der Waals surface area contributed by atoms with Crippen molar-refractivity contribution in [3.05, 3.63) is 64.6 Å². The molecule has 26 heavy (non-hydrogen) atoms. The Labute approximate surface area is 158 Å². The SMILES string of the molecule is C=CCn1c(SCCCc2nc3ccccc3o2)nc2sccc2c1=O. The highest BCUT2D eigenvalue weighted by Gasteiger charge is 2.12. The van der Waals surface area contributed by atoms with Gasteiger partial charge in [0.2, 0.25) is 0 Å². The van der Waals surface area contributed by atoms with E-state index < -0.39 is 0 Å². The Hall–Kier alpha value is -2.38. The van der Waals surface area contributed by atoms with Crippen LogP contribution in [0.25, 0.3) is 21.3 Å². The average molecular weight is 383 g/mol. The summed E-state index contributed by atoms with van der Waals surface area (Å²) in [5, 5.41) is 3.31. The third-order valence-electron chi connectivity index (χ3n) is 3.96. The Bertz CT molecular complexity index is 1090. The highest BCUT2D eigenvalue weighted by molar-refractivity contribution is 7.99. The maximum absolute atomic E-state index is 12.6. The lowest BCUT2D eigenvalue weighted by Crippen LogP contribution is -2.22. The number of aromatic nitrogens is 3. The molecular formula is C19H17N3O2S2. The van der Waals surface area contributed by atoms with Crippen molar-refractivity contribution in [1.82, 2.24) is 14.5 Å². The van der Waals surface area contributed by atoms with Gasteiger partial charge in [-0.2, -0.15) is 0 Å². The van der Waals surface area contributed by atoms with E-state index in [1.54, 1.807) is 22.4 Å². The summed E-state index contributed by atoms with van der Waals surface area (Å²) in [6.07, 6.45) is 3.38. The van der Waals surface area contributed by atoms with Crippen molar-refractivity contribution >= 4 is 44.4 Å². The molecule has 4 aromatic rings. The zero-order valence-corrected chi connectivity index (χ0v) is 15.7. The van der Waals surface area contributed by atoms with Crippen molar-refractivity contribution < 1.29 is 4.42 Å². The second-order valence-electron chi connectivity index (χ2n) is 5.77. The standard InChI is InChI=1S/C19H17N3O2S2/c1-2-10-22-18(23)13-9-12-25-17(13)21-19(22)26-11-5-8-16-20-14-6-3-4-7-15(14)24-16/h2-4,6-7,9,12H,1,5,8,10-11H2. The zero-order chi connectivity index (χ0) is 17.9.